The molecule has 0 bridgehead atoms. The van der Waals surface area contributed by atoms with Crippen LogP contribution >= 0.6 is 0 Å². The largest absolute Gasteiger partial charge is 0.542 e. The summed E-state index contributed by atoms with van der Waals surface area (Å²) in [5.74, 6) is 0. The lowest BCUT2D eigenvalue weighted by molar-refractivity contribution is 0.403. The Morgan fingerprint density at radius 1 is 0.684 bits per heavy atom. The van der Waals surface area contributed by atoms with Gasteiger partial charge in [0.2, 0.25) is 0 Å². The SMILES string of the molecule is CO[SiH](C)C.CO[Si](C)(C)CCc1ccccc1.O=[Si](O)[Si]([Si](=O)O)([Si](=O)O)[Si]([Si](=O)O)([Si](=O)O)[Si](=O)O. The van der Waals surface area contributed by atoms with E-state index in [1.165, 1.54) is 11.6 Å². The van der Waals surface area contributed by atoms with Gasteiger partial charge in [-0.3, -0.25) is 0 Å². The zero-order valence-corrected chi connectivity index (χ0v) is 32.0. The van der Waals surface area contributed by atoms with Crippen molar-refractivity contribution in [3.05, 3.63) is 35.9 Å². The minimum Gasteiger partial charge on any atom is -0.542 e. The Bertz CT molecular complexity index is 885. The van der Waals surface area contributed by atoms with E-state index < -0.39 is 80.3 Å². The van der Waals surface area contributed by atoms with Crippen molar-refractivity contribution in [3.63, 3.8) is 0 Å². The Morgan fingerprint density at radius 3 is 1.18 bits per heavy atom. The molecule has 1 aromatic rings. The van der Waals surface area contributed by atoms with E-state index in [0.717, 1.165) is 6.42 Å². The van der Waals surface area contributed by atoms with Gasteiger partial charge in [0.25, 0.3) is 0 Å². The minimum atomic E-state index is -5.60. The molecule has 14 nitrogen and oxygen atoms in total. The summed E-state index contributed by atoms with van der Waals surface area (Å²) in [6, 6.07) is 11.8. The van der Waals surface area contributed by atoms with Crippen molar-refractivity contribution in [2.24, 2.45) is 0 Å². The normalized spacial score (nSPS) is 11.2. The van der Waals surface area contributed by atoms with Crippen molar-refractivity contribution < 1.29 is 64.4 Å². The van der Waals surface area contributed by atoms with Gasteiger partial charge in [-0.2, -0.15) is 0 Å². The molecule has 0 aliphatic rings. The fourth-order valence-corrected chi connectivity index (χ4v) is 95.1. The van der Waals surface area contributed by atoms with E-state index >= 15 is 0 Å². The lowest BCUT2D eigenvalue weighted by atomic mass is 10.2. The molecule has 214 valence electrons. The van der Waals surface area contributed by atoms with Crippen LogP contribution in [0.2, 0.25) is 32.2 Å². The molecule has 0 heterocycles. The van der Waals surface area contributed by atoms with E-state index in [1.54, 1.807) is 7.11 Å². The summed E-state index contributed by atoms with van der Waals surface area (Å²) in [6.45, 7) is 8.80. The molecular weight excluding hydrogens is 673 g/mol. The number of hydrogen-bond donors (Lipinski definition) is 6. The van der Waals surface area contributed by atoms with Gasteiger partial charge < -0.3 is 64.4 Å². The fraction of sp³-hybridized carbons (Fsp3) is 0.571. The molecule has 1 rings (SSSR count). The fourth-order valence-electron chi connectivity index (χ4n) is 2.70. The zero-order valence-electron chi connectivity index (χ0n) is 21.8. The van der Waals surface area contributed by atoms with E-state index in [0.29, 0.717) is 0 Å². The molecule has 0 aromatic heterocycles. The van der Waals surface area contributed by atoms with E-state index in [9.17, 15) is 26.8 Å². The molecule has 0 spiro atoms. The third-order valence-electron chi connectivity index (χ3n) is 5.37. The molecule has 0 saturated heterocycles. The van der Waals surface area contributed by atoms with Crippen molar-refractivity contribution in [1.29, 1.82) is 0 Å². The van der Waals surface area contributed by atoms with E-state index in [-0.39, 0.29) is 0 Å². The predicted octanol–water partition coefficient (Wildman–Crippen LogP) is -3.40. The van der Waals surface area contributed by atoms with Crippen LogP contribution in [0.25, 0.3) is 0 Å². The van der Waals surface area contributed by atoms with Crippen LogP contribution in [0.5, 0.6) is 0 Å². The van der Waals surface area contributed by atoms with Crippen LogP contribution in [-0.4, -0.2) is 123 Å². The van der Waals surface area contributed by atoms with E-state index in [1.807, 2.05) is 7.11 Å². The molecule has 24 heteroatoms. The molecule has 0 saturated carbocycles. The molecule has 1 aromatic carbocycles. The smallest absolute Gasteiger partial charge is 0.483 e. The van der Waals surface area contributed by atoms with E-state index in [2.05, 4.69) is 56.5 Å². The Hall–Kier alpha value is -1.09. The lowest BCUT2D eigenvalue weighted by Gasteiger charge is -2.23. The molecule has 6 N–H and O–H groups in total. The molecular formula is C14H34O14Si10. The summed E-state index contributed by atoms with van der Waals surface area (Å²) in [4.78, 5) is 54.9. The van der Waals surface area contributed by atoms with Gasteiger partial charge in [0.15, 0.2) is 17.4 Å². The summed E-state index contributed by atoms with van der Waals surface area (Å²) >= 11 is 0. The Kier molecular flexibility index (Phi) is 18.1. The molecule has 38 heavy (non-hydrogen) atoms. The summed E-state index contributed by atoms with van der Waals surface area (Å²) in [6.07, 6.45) is -10.1. The van der Waals surface area contributed by atoms with Gasteiger partial charge in [0.1, 0.15) is 0 Å². The van der Waals surface area contributed by atoms with Crippen molar-refractivity contribution in [2.75, 3.05) is 14.2 Å². The third-order valence-corrected chi connectivity index (χ3v) is 104. The number of benzene rings is 1. The number of rotatable bonds is 12. The van der Waals surface area contributed by atoms with Crippen LogP contribution in [-0.2, 0) is 42.0 Å². The maximum absolute atomic E-state index is 11.4. The molecule has 0 atom stereocenters. The van der Waals surface area contributed by atoms with Crippen molar-refractivity contribution in [1.82, 2.24) is 0 Å². The van der Waals surface area contributed by atoms with Gasteiger partial charge in [-0.15, -0.1) is 0 Å². The first-order chi connectivity index (χ1) is 17.3. The lowest BCUT2D eigenvalue weighted by Crippen LogP contribution is -2.91. The first kappa shape index (κ1) is 39.1. The number of hydrogen-bond acceptors (Lipinski definition) is 8. The van der Waals surface area contributed by atoms with Crippen LogP contribution in [0.4, 0.5) is 0 Å². The molecule has 0 radical (unpaired) electrons. The van der Waals surface area contributed by atoms with Gasteiger partial charge in [-0.25, -0.2) is 0 Å². The molecule has 0 unspecified atom stereocenters. The van der Waals surface area contributed by atoms with Gasteiger partial charge >= 0.3 is 63.0 Å². The summed E-state index contributed by atoms with van der Waals surface area (Å²) in [5.41, 5.74) is 1.42. The van der Waals surface area contributed by atoms with E-state index in [4.69, 9.17) is 37.6 Å². The summed E-state index contributed by atoms with van der Waals surface area (Å²) in [5, 5.41) is 0. The van der Waals surface area contributed by atoms with Crippen molar-refractivity contribution in [3.8, 4) is 0 Å². The average molecular weight is 707 g/mol. The minimum absolute atomic E-state index is 0.650. The van der Waals surface area contributed by atoms with Crippen LogP contribution in [0.3, 0.4) is 0 Å². The maximum Gasteiger partial charge on any atom is 0.483 e. The monoisotopic (exact) mass is 706 g/mol. The number of aryl methyl sites for hydroxylation is 1. The quantitative estimate of drug-likeness (QED) is 0.116. The second-order valence-corrected chi connectivity index (χ2v) is 65.9. The van der Waals surface area contributed by atoms with Gasteiger partial charge in [-0.05, 0) is 44.2 Å². The van der Waals surface area contributed by atoms with Gasteiger partial charge in [0, 0.05) is 14.2 Å². The first-order valence-electron chi connectivity index (χ1n) is 10.8. The molecule has 0 fully saturated rings. The third kappa shape index (κ3) is 10.1. The second-order valence-electron chi connectivity index (χ2n) is 8.56. The first-order valence-corrected chi connectivity index (χ1v) is 35.9. The maximum atomic E-state index is 11.4. The predicted molar refractivity (Wildman–Crippen MR) is 149 cm³/mol. The average Bonchev–Trinajstić information content (AvgIpc) is 2.81. The highest BCUT2D eigenvalue weighted by atomic mass is 30.4. The van der Waals surface area contributed by atoms with Crippen LogP contribution in [0, 0.1) is 0 Å². The Morgan fingerprint density at radius 2 is 0.974 bits per heavy atom. The Labute approximate surface area is 232 Å². The molecule has 0 aliphatic carbocycles. The van der Waals surface area contributed by atoms with Gasteiger partial charge in [-0.1, -0.05) is 30.3 Å². The van der Waals surface area contributed by atoms with Crippen LogP contribution in [0.15, 0.2) is 30.3 Å². The standard InChI is InChI=1S/C11H18OSi.C3H10OSi.H6O12Si8/c1-12-13(2,3)10-9-11-7-5-4-6-8-11;1-4-5(2)3;1-13(2)19(14(3)4,15(5)6)20(16(7)8,17(9)10)18(11)12/h4-8H,9-10H2,1-3H3;5H,1-3H3;1,3,5,7,9,11H. The zero-order chi connectivity index (χ0) is 30.5. The van der Waals surface area contributed by atoms with Crippen LogP contribution in [0.1, 0.15) is 5.56 Å². The van der Waals surface area contributed by atoms with Crippen molar-refractivity contribution in [2.45, 2.75) is 38.7 Å². The van der Waals surface area contributed by atoms with Crippen molar-refractivity contribution >= 4 is 80.3 Å². The second kappa shape index (κ2) is 17.6. The topological polar surface area (TPSA) is 242 Å². The molecule has 0 amide bonds. The highest BCUT2D eigenvalue weighted by Gasteiger charge is 2.91. The summed E-state index contributed by atoms with van der Waals surface area (Å²) in [7, 11) is -25.5. The van der Waals surface area contributed by atoms with Crippen LogP contribution < -0.4 is 0 Å². The highest BCUT2D eigenvalue weighted by Crippen LogP contribution is 2.19. The molecule has 0 aliphatic heterocycles. The Balaban J connectivity index is 0. The van der Waals surface area contributed by atoms with Gasteiger partial charge in [0.05, 0.1) is 0 Å². The highest BCUT2D eigenvalue weighted by molar-refractivity contribution is 8.14. The summed E-state index contributed by atoms with van der Waals surface area (Å²) < 4.78 is 78.6.